The summed E-state index contributed by atoms with van der Waals surface area (Å²) in [4.78, 5) is 11.7. The Kier molecular flexibility index (Phi) is 5.33. The Labute approximate surface area is 132 Å². The normalized spacial score (nSPS) is 27.2. The molecular weight excluding hydrogens is 276 g/mol. The minimum atomic E-state index is -0.307. The van der Waals surface area contributed by atoms with Crippen molar-refractivity contribution >= 4 is 6.09 Å². The molecule has 2 aliphatic heterocycles. The number of benzene rings is 1. The van der Waals surface area contributed by atoms with E-state index in [0.717, 1.165) is 24.4 Å². The molecule has 2 unspecified atom stereocenters. The number of fused-ring (bicyclic) bond motifs is 2. The predicted molar refractivity (Wildman–Crippen MR) is 86.5 cm³/mol. The van der Waals surface area contributed by atoms with Crippen molar-refractivity contribution in [3.8, 4) is 0 Å². The molecule has 2 saturated heterocycles. The van der Waals surface area contributed by atoms with Crippen molar-refractivity contribution in [3.05, 3.63) is 35.9 Å². The van der Waals surface area contributed by atoms with Crippen LogP contribution in [-0.4, -0.2) is 24.7 Å². The van der Waals surface area contributed by atoms with Gasteiger partial charge in [0.15, 0.2) is 0 Å². The average Bonchev–Trinajstić information content (AvgIpc) is 2.54. The van der Waals surface area contributed by atoms with Crippen LogP contribution in [0.3, 0.4) is 0 Å². The molecule has 0 aliphatic carbocycles. The number of piperidine rings is 2. The third kappa shape index (κ3) is 4.47. The molecule has 1 amide bonds. The Morgan fingerprint density at radius 1 is 1.18 bits per heavy atom. The maximum absolute atomic E-state index is 11.7. The highest BCUT2D eigenvalue weighted by molar-refractivity contribution is 5.67. The molecule has 0 aromatic heterocycles. The average molecular weight is 302 g/mol. The van der Waals surface area contributed by atoms with Crippen LogP contribution >= 0.6 is 0 Å². The third-order valence-corrected chi connectivity index (χ3v) is 4.85. The monoisotopic (exact) mass is 302 g/mol. The Bertz CT molecular complexity index is 465. The second kappa shape index (κ2) is 7.63. The first-order chi connectivity index (χ1) is 10.8. The Morgan fingerprint density at radius 3 is 2.64 bits per heavy atom. The smallest absolute Gasteiger partial charge is 0.407 e. The molecule has 2 bridgehead atoms. The van der Waals surface area contributed by atoms with Gasteiger partial charge in [0.2, 0.25) is 0 Å². The van der Waals surface area contributed by atoms with Crippen molar-refractivity contribution in [1.82, 2.24) is 10.6 Å². The first-order valence-corrected chi connectivity index (χ1v) is 8.50. The minimum absolute atomic E-state index is 0.307. The standard InChI is InChI=1S/C18H26N2O2/c21-18(22-13-14-5-2-1-3-6-14)19-10-9-15-11-16-7-4-8-17(12-15)20-16/h1-3,5-6,15-17,20H,4,7-13H2,(H,19,21). The first-order valence-electron chi connectivity index (χ1n) is 8.50. The fraction of sp³-hybridized carbons (Fsp3) is 0.611. The van der Waals surface area contributed by atoms with Gasteiger partial charge in [-0.1, -0.05) is 36.8 Å². The van der Waals surface area contributed by atoms with Gasteiger partial charge in [0.25, 0.3) is 0 Å². The lowest BCUT2D eigenvalue weighted by molar-refractivity contribution is 0.137. The summed E-state index contributed by atoms with van der Waals surface area (Å²) < 4.78 is 5.23. The SMILES string of the molecule is O=C(NCCC1CC2CCCC(C1)N2)OCc1ccccc1. The van der Waals surface area contributed by atoms with Crippen molar-refractivity contribution in [2.24, 2.45) is 5.92 Å². The molecule has 0 spiro atoms. The summed E-state index contributed by atoms with van der Waals surface area (Å²) in [6.45, 7) is 1.06. The number of carbonyl (C=O) groups excluding carboxylic acids is 1. The van der Waals surface area contributed by atoms with E-state index in [9.17, 15) is 4.79 Å². The van der Waals surface area contributed by atoms with Crippen LogP contribution in [0.2, 0.25) is 0 Å². The van der Waals surface area contributed by atoms with Crippen LogP contribution in [0.25, 0.3) is 0 Å². The Hall–Kier alpha value is -1.55. The van der Waals surface area contributed by atoms with Gasteiger partial charge in [0.05, 0.1) is 0 Å². The van der Waals surface area contributed by atoms with Crippen LogP contribution < -0.4 is 10.6 Å². The summed E-state index contributed by atoms with van der Waals surface area (Å²) in [5.41, 5.74) is 1.02. The zero-order chi connectivity index (χ0) is 15.2. The number of amides is 1. The van der Waals surface area contributed by atoms with E-state index in [-0.39, 0.29) is 6.09 Å². The highest BCUT2D eigenvalue weighted by atomic mass is 16.5. The van der Waals surface area contributed by atoms with Gasteiger partial charge in [-0.05, 0) is 43.6 Å². The van der Waals surface area contributed by atoms with Crippen molar-refractivity contribution in [2.45, 2.75) is 57.2 Å². The number of alkyl carbamates (subject to hydrolysis) is 1. The first kappa shape index (κ1) is 15.3. The van der Waals surface area contributed by atoms with E-state index in [1.807, 2.05) is 30.3 Å². The largest absolute Gasteiger partial charge is 0.445 e. The summed E-state index contributed by atoms with van der Waals surface area (Å²) in [5, 5.41) is 6.59. The lowest BCUT2D eigenvalue weighted by Gasteiger charge is -2.40. The molecule has 2 fully saturated rings. The van der Waals surface area contributed by atoms with Gasteiger partial charge in [-0.15, -0.1) is 0 Å². The van der Waals surface area contributed by atoms with Gasteiger partial charge < -0.3 is 15.4 Å². The lowest BCUT2D eigenvalue weighted by Crippen LogP contribution is -2.48. The molecule has 2 atom stereocenters. The molecule has 4 heteroatoms. The van der Waals surface area contributed by atoms with E-state index in [4.69, 9.17) is 4.74 Å². The molecular formula is C18H26N2O2. The van der Waals surface area contributed by atoms with Gasteiger partial charge in [-0.2, -0.15) is 0 Å². The quantitative estimate of drug-likeness (QED) is 0.878. The lowest BCUT2D eigenvalue weighted by atomic mass is 9.79. The van der Waals surface area contributed by atoms with Crippen molar-refractivity contribution < 1.29 is 9.53 Å². The van der Waals surface area contributed by atoms with E-state index in [0.29, 0.717) is 18.7 Å². The summed E-state index contributed by atoms with van der Waals surface area (Å²) >= 11 is 0. The van der Waals surface area contributed by atoms with Crippen LogP contribution in [-0.2, 0) is 11.3 Å². The van der Waals surface area contributed by atoms with Crippen LogP contribution in [0.4, 0.5) is 4.79 Å². The molecule has 0 radical (unpaired) electrons. The van der Waals surface area contributed by atoms with Gasteiger partial charge in [0.1, 0.15) is 6.61 Å². The second-order valence-electron chi connectivity index (χ2n) is 6.61. The van der Waals surface area contributed by atoms with E-state index in [1.165, 1.54) is 32.1 Å². The van der Waals surface area contributed by atoms with E-state index in [1.54, 1.807) is 0 Å². The van der Waals surface area contributed by atoms with Crippen molar-refractivity contribution in [2.75, 3.05) is 6.54 Å². The maximum Gasteiger partial charge on any atom is 0.407 e. The van der Waals surface area contributed by atoms with E-state index < -0.39 is 0 Å². The molecule has 120 valence electrons. The van der Waals surface area contributed by atoms with Gasteiger partial charge in [-0.3, -0.25) is 0 Å². The third-order valence-electron chi connectivity index (χ3n) is 4.85. The molecule has 2 N–H and O–H groups in total. The summed E-state index contributed by atoms with van der Waals surface area (Å²) in [7, 11) is 0. The topological polar surface area (TPSA) is 50.4 Å². The maximum atomic E-state index is 11.7. The van der Waals surface area contributed by atoms with Crippen LogP contribution in [0, 0.1) is 5.92 Å². The predicted octanol–water partition coefficient (Wildman–Crippen LogP) is 3.22. The van der Waals surface area contributed by atoms with Crippen molar-refractivity contribution in [1.29, 1.82) is 0 Å². The highest BCUT2D eigenvalue weighted by Gasteiger charge is 2.30. The molecule has 1 aromatic rings. The highest BCUT2D eigenvalue weighted by Crippen LogP contribution is 2.31. The zero-order valence-corrected chi connectivity index (χ0v) is 13.1. The fourth-order valence-corrected chi connectivity index (χ4v) is 3.77. The van der Waals surface area contributed by atoms with E-state index >= 15 is 0 Å². The molecule has 22 heavy (non-hydrogen) atoms. The summed E-state index contributed by atoms with van der Waals surface area (Å²) in [6, 6.07) is 11.2. The number of hydrogen-bond donors (Lipinski definition) is 2. The molecule has 0 saturated carbocycles. The van der Waals surface area contributed by atoms with Crippen molar-refractivity contribution in [3.63, 3.8) is 0 Å². The molecule has 4 nitrogen and oxygen atoms in total. The number of nitrogens with one attached hydrogen (secondary N) is 2. The number of carbonyl (C=O) groups is 1. The van der Waals surface area contributed by atoms with Gasteiger partial charge in [-0.25, -0.2) is 4.79 Å². The Balaban J connectivity index is 1.32. The Morgan fingerprint density at radius 2 is 1.91 bits per heavy atom. The van der Waals surface area contributed by atoms with Crippen LogP contribution in [0.1, 0.15) is 44.1 Å². The number of rotatable bonds is 5. The van der Waals surface area contributed by atoms with E-state index in [2.05, 4.69) is 10.6 Å². The van der Waals surface area contributed by atoms with Gasteiger partial charge >= 0.3 is 6.09 Å². The molecule has 2 heterocycles. The molecule has 3 rings (SSSR count). The minimum Gasteiger partial charge on any atom is -0.445 e. The van der Waals surface area contributed by atoms with Crippen LogP contribution in [0.15, 0.2) is 30.3 Å². The number of ether oxygens (including phenoxy) is 1. The summed E-state index contributed by atoms with van der Waals surface area (Å²) in [5.74, 6) is 0.742. The summed E-state index contributed by atoms with van der Waals surface area (Å²) in [6.07, 6.45) is 7.29. The second-order valence-corrected chi connectivity index (χ2v) is 6.61. The fourth-order valence-electron chi connectivity index (χ4n) is 3.77. The number of hydrogen-bond acceptors (Lipinski definition) is 3. The van der Waals surface area contributed by atoms with Crippen LogP contribution in [0.5, 0.6) is 0 Å². The molecule has 2 aliphatic rings. The molecule has 1 aromatic carbocycles. The van der Waals surface area contributed by atoms with Gasteiger partial charge in [0, 0.05) is 18.6 Å². The zero-order valence-electron chi connectivity index (χ0n) is 13.1.